The second-order valence-corrected chi connectivity index (χ2v) is 7.17. The highest BCUT2D eigenvalue weighted by molar-refractivity contribution is 6.50. The van der Waals surface area contributed by atoms with Gasteiger partial charge in [-0.15, -0.1) is 0 Å². The molecule has 1 aromatic rings. The van der Waals surface area contributed by atoms with Crippen molar-refractivity contribution in [2.45, 2.75) is 47.5 Å². The Morgan fingerprint density at radius 2 is 1.73 bits per heavy atom. The molecule has 0 spiro atoms. The number of rotatable bonds is 6. The van der Waals surface area contributed by atoms with Crippen LogP contribution in [-0.4, -0.2) is 16.7 Å². The first-order valence-corrected chi connectivity index (χ1v) is 8.92. The lowest BCUT2D eigenvalue weighted by molar-refractivity contribution is -0.132. The van der Waals surface area contributed by atoms with Crippen LogP contribution < -0.4 is 5.32 Å². The summed E-state index contributed by atoms with van der Waals surface area (Å²) in [7, 11) is 0. The van der Waals surface area contributed by atoms with E-state index in [9.17, 15) is 14.7 Å². The van der Waals surface area contributed by atoms with Gasteiger partial charge in [-0.05, 0) is 58.6 Å². The number of aliphatic hydroxyl groups excluding tert-OH is 1. The molecule has 0 radical (unpaired) electrons. The highest BCUT2D eigenvalue weighted by Crippen LogP contribution is 2.31. The second kappa shape index (κ2) is 8.17. The van der Waals surface area contributed by atoms with Crippen LogP contribution in [0.2, 0.25) is 0 Å². The summed E-state index contributed by atoms with van der Waals surface area (Å²) in [6, 6.07) is 7.64. The van der Waals surface area contributed by atoms with Crippen molar-refractivity contribution in [1.82, 2.24) is 0 Å². The molecule has 0 amide bonds. The van der Waals surface area contributed by atoms with E-state index in [1.54, 1.807) is 6.92 Å². The van der Waals surface area contributed by atoms with Crippen molar-refractivity contribution >= 4 is 17.3 Å². The molecule has 0 saturated carbocycles. The maximum absolute atomic E-state index is 12.5. The lowest BCUT2D eigenvalue weighted by Crippen LogP contribution is -2.30. The van der Waals surface area contributed by atoms with Crippen LogP contribution in [-0.2, 0) is 9.59 Å². The summed E-state index contributed by atoms with van der Waals surface area (Å²) in [5.41, 5.74) is 3.85. The Morgan fingerprint density at radius 3 is 2.31 bits per heavy atom. The number of Topliss-reactive ketones (excluding diaryl/α,β-unsaturated/α-hetero) is 2. The Morgan fingerprint density at radius 1 is 1.12 bits per heavy atom. The maximum Gasteiger partial charge on any atom is 0.233 e. The molecule has 0 heterocycles. The first kappa shape index (κ1) is 19.7. The molecule has 2 N–H and O–H groups in total. The van der Waals surface area contributed by atoms with Crippen LogP contribution in [0.5, 0.6) is 0 Å². The van der Waals surface area contributed by atoms with Crippen molar-refractivity contribution in [1.29, 1.82) is 0 Å². The lowest BCUT2D eigenvalue weighted by atomic mass is 9.83. The molecular weight excluding hydrogens is 326 g/mol. The molecule has 0 aromatic heterocycles. The number of aryl methyl sites for hydroxylation is 1. The molecule has 0 saturated heterocycles. The fourth-order valence-electron chi connectivity index (χ4n) is 2.98. The van der Waals surface area contributed by atoms with Crippen molar-refractivity contribution in [2.75, 3.05) is 5.32 Å². The fourth-order valence-corrected chi connectivity index (χ4v) is 2.98. The van der Waals surface area contributed by atoms with Crippen LogP contribution in [0.4, 0.5) is 5.69 Å². The first-order valence-electron chi connectivity index (χ1n) is 8.92. The van der Waals surface area contributed by atoms with Gasteiger partial charge in [0.1, 0.15) is 5.76 Å². The Hall–Kier alpha value is -2.62. The van der Waals surface area contributed by atoms with Gasteiger partial charge in [-0.1, -0.05) is 36.3 Å². The van der Waals surface area contributed by atoms with Crippen LogP contribution in [0.1, 0.15) is 46.1 Å². The number of hydrogen-bond acceptors (Lipinski definition) is 4. The summed E-state index contributed by atoms with van der Waals surface area (Å²) in [6.07, 6.45) is 3.58. The summed E-state index contributed by atoms with van der Waals surface area (Å²) in [5.74, 6) is -1.47. The quantitative estimate of drug-likeness (QED) is 0.428. The van der Waals surface area contributed by atoms with E-state index in [0.29, 0.717) is 12.1 Å². The summed E-state index contributed by atoms with van der Waals surface area (Å²) in [5, 5.41) is 13.9. The van der Waals surface area contributed by atoms with Crippen molar-refractivity contribution in [2.24, 2.45) is 5.92 Å². The van der Waals surface area contributed by atoms with Crippen LogP contribution in [0, 0.1) is 12.8 Å². The molecule has 0 fully saturated rings. The smallest absolute Gasteiger partial charge is 0.233 e. The van der Waals surface area contributed by atoms with Gasteiger partial charge in [-0.3, -0.25) is 9.59 Å². The van der Waals surface area contributed by atoms with Gasteiger partial charge < -0.3 is 10.4 Å². The van der Waals surface area contributed by atoms with Gasteiger partial charge in [-0.2, -0.15) is 0 Å². The van der Waals surface area contributed by atoms with Crippen molar-refractivity contribution in [3.63, 3.8) is 0 Å². The Labute approximate surface area is 155 Å². The summed E-state index contributed by atoms with van der Waals surface area (Å²) in [4.78, 5) is 24.9. The number of ketones is 2. The zero-order valence-electron chi connectivity index (χ0n) is 16.1. The Balaban J connectivity index is 2.35. The monoisotopic (exact) mass is 353 g/mol. The van der Waals surface area contributed by atoms with Gasteiger partial charge in [0.05, 0.1) is 11.3 Å². The largest absolute Gasteiger partial charge is 0.505 e. The van der Waals surface area contributed by atoms with E-state index in [4.69, 9.17) is 0 Å². The van der Waals surface area contributed by atoms with Crippen LogP contribution >= 0.6 is 0 Å². The second-order valence-electron chi connectivity index (χ2n) is 7.17. The summed E-state index contributed by atoms with van der Waals surface area (Å²) < 4.78 is 0. The number of benzene rings is 1. The third kappa shape index (κ3) is 4.31. The summed E-state index contributed by atoms with van der Waals surface area (Å²) in [6.45, 7) is 9.47. The standard InChI is InChI=1S/C22H27NO3/c1-13(2)7-6-8-15(4)18-21(25)19(16(5)20(24)22(18)26)23-17-11-9-14(3)10-12-17/h7,9-12,15,23,25H,6,8H2,1-5H3. The highest BCUT2D eigenvalue weighted by atomic mass is 16.3. The molecule has 1 unspecified atom stereocenters. The third-order valence-corrected chi connectivity index (χ3v) is 4.62. The van der Waals surface area contributed by atoms with Crippen LogP contribution in [0.3, 0.4) is 0 Å². The number of carbonyl (C=O) groups excluding carboxylic acids is 2. The van der Waals surface area contributed by atoms with Crippen molar-refractivity contribution in [3.8, 4) is 0 Å². The normalized spacial score (nSPS) is 16.0. The molecule has 26 heavy (non-hydrogen) atoms. The number of hydrogen-bond donors (Lipinski definition) is 2. The molecule has 1 aliphatic carbocycles. The Kier molecular flexibility index (Phi) is 6.19. The van der Waals surface area contributed by atoms with Crippen LogP contribution in [0.15, 0.2) is 58.5 Å². The minimum Gasteiger partial charge on any atom is -0.505 e. The number of carbonyl (C=O) groups is 2. The van der Waals surface area contributed by atoms with Gasteiger partial charge in [0.2, 0.25) is 11.6 Å². The molecule has 2 rings (SSSR count). The third-order valence-electron chi connectivity index (χ3n) is 4.62. The number of anilines is 1. The minimum absolute atomic E-state index is 0.114. The average Bonchev–Trinajstić information content (AvgIpc) is 2.58. The number of nitrogens with one attached hydrogen (secondary N) is 1. The van der Waals surface area contributed by atoms with E-state index < -0.39 is 11.6 Å². The van der Waals surface area contributed by atoms with E-state index in [2.05, 4.69) is 11.4 Å². The van der Waals surface area contributed by atoms with Gasteiger partial charge in [-0.25, -0.2) is 0 Å². The predicted octanol–water partition coefficient (Wildman–Crippen LogP) is 5.03. The zero-order chi connectivity index (χ0) is 19.4. The average molecular weight is 353 g/mol. The SMILES string of the molecule is CC(C)=CCCC(C)C1=C(O)C(Nc2ccc(C)cc2)=C(C)C(=O)C1=O. The van der Waals surface area contributed by atoms with E-state index in [0.717, 1.165) is 17.7 Å². The zero-order valence-corrected chi connectivity index (χ0v) is 16.1. The molecule has 138 valence electrons. The fraction of sp³-hybridized carbons (Fsp3) is 0.364. The first-order chi connectivity index (χ1) is 12.2. The van der Waals surface area contributed by atoms with E-state index >= 15 is 0 Å². The molecular formula is C22H27NO3. The van der Waals surface area contributed by atoms with E-state index in [1.807, 2.05) is 52.0 Å². The van der Waals surface area contributed by atoms with Gasteiger partial charge in [0.15, 0.2) is 0 Å². The Bertz CT molecular complexity index is 806. The highest BCUT2D eigenvalue weighted by Gasteiger charge is 2.35. The van der Waals surface area contributed by atoms with Crippen LogP contribution in [0.25, 0.3) is 0 Å². The topological polar surface area (TPSA) is 66.4 Å². The minimum atomic E-state index is -0.598. The molecule has 0 aliphatic heterocycles. The molecule has 4 heteroatoms. The molecule has 1 aromatic carbocycles. The summed E-state index contributed by atoms with van der Waals surface area (Å²) >= 11 is 0. The predicted molar refractivity (Wildman–Crippen MR) is 105 cm³/mol. The van der Waals surface area contributed by atoms with Crippen molar-refractivity contribution in [3.05, 3.63) is 64.1 Å². The lowest BCUT2D eigenvalue weighted by Gasteiger charge is -2.24. The molecule has 1 aliphatic rings. The van der Waals surface area contributed by atoms with Crippen molar-refractivity contribution < 1.29 is 14.7 Å². The van der Waals surface area contributed by atoms with E-state index in [-0.39, 0.29) is 22.8 Å². The van der Waals surface area contributed by atoms with Gasteiger partial charge in [0, 0.05) is 11.3 Å². The molecule has 4 nitrogen and oxygen atoms in total. The number of aliphatic hydroxyl groups is 1. The van der Waals surface area contributed by atoms with Gasteiger partial charge >= 0.3 is 0 Å². The number of allylic oxidation sites excluding steroid dienone is 4. The maximum atomic E-state index is 12.5. The molecule has 1 atom stereocenters. The van der Waals surface area contributed by atoms with E-state index in [1.165, 1.54) is 5.57 Å². The van der Waals surface area contributed by atoms with Gasteiger partial charge in [0.25, 0.3) is 0 Å². The molecule has 0 bridgehead atoms.